The second-order valence-electron chi connectivity index (χ2n) is 3.62. The number of hydrogen-bond acceptors (Lipinski definition) is 3. The summed E-state index contributed by atoms with van der Waals surface area (Å²) in [5.41, 5.74) is 1.04. The molecule has 0 aliphatic heterocycles. The van der Waals surface area contributed by atoms with Crippen LogP contribution in [0.15, 0.2) is 34.9 Å². The van der Waals surface area contributed by atoms with Crippen LogP contribution in [0.1, 0.15) is 21.7 Å². The lowest BCUT2D eigenvalue weighted by molar-refractivity contribution is 0.103. The third kappa shape index (κ3) is 2.34. The summed E-state index contributed by atoms with van der Waals surface area (Å²) < 4.78 is 10.2. The van der Waals surface area contributed by atoms with Gasteiger partial charge >= 0.3 is 0 Å². The van der Waals surface area contributed by atoms with Gasteiger partial charge in [0, 0.05) is 5.56 Å². The first-order chi connectivity index (χ1) is 8.11. The maximum Gasteiger partial charge on any atom is 0.196 e. The van der Waals surface area contributed by atoms with E-state index in [1.165, 1.54) is 13.4 Å². The zero-order valence-corrected chi connectivity index (χ0v) is 10.2. The van der Waals surface area contributed by atoms with Crippen LogP contribution in [0.5, 0.6) is 5.75 Å². The quantitative estimate of drug-likeness (QED) is 0.783. The van der Waals surface area contributed by atoms with E-state index in [9.17, 15) is 4.79 Å². The molecule has 2 rings (SSSR count). The van der Waals surface area contributed by atoms with Crippen LogP contribution >= 0.6 is 11.6 Å². The minimum Gasteiger partial charge on any atom is -0.495 e. The van der Waals surface area contributed by atoms with E-state index >= 15 is 0 Å². The van der Waals surface area contributed by atoms with E-state index in [4.69, 9.17) is 20.8 Å². The van der Waals surface area contributed by atoms with E-state index in [-0.39, 0.29) is 5.78 Å². The Hall–Kier alpha value is -1.74. The average molecular weight is 251 g/mol. The van der Waals surface area contributed by atoms with Crippen LogP contribution in [0.25, 0.3) is 0 Å². The van der Waals surface area contributed by atoms with Crippen LogP contribution in [-0.2, 0) is 0 Å². The van der Waals surface area contributed by atoms with Gasteiger partial charge in [0.25, 0.3) is 0 Å². The lowest BCUT2D eigenvalue weighted by Gasteiger charge is -2.04. The first-order valence-corrected chi connectivity index (χ1v) is 5.43. The predicted octanol–water partition coefficient (Wildman–Crippen LogP) is 3.48. The highest BCUT2D eigenvalue weighted by molar-refractivity contribution is 6.32. The Labute approximate surface area is 104 Å². The number of methoxy groups -OCH3 is 1. The van der Waals surface area contributed by atoms with Crippen molar-refractivity contribution >= 4 is 17.4 Å². The Morgan fingerprint density at radius 1 is 1.29 bits per heavy atom. The van der Waals surface area contributed by atoms with Crippen molar-refractivity contribution in [2.24, 2.45) is 0 Å². The first-order valence-electron chi connectivity index (χ1n) is 5.05. The molecular formula is C13H11ClO3. The van der Waals surface area contributed by atoms with Crippen LogP contribution in [0, 0.1) is 6.92 Å². The molecule has 1 aromatic heterocycles. The van der Waals surface area contributed by atoms with Gasteiger partial charge < -0.3 is 9.15 Å². The van der Waals surface area contributed by atoms with E-state index in [2.05, 4.69) is 0 Å². The summed E-state index contributed by atoms with van der Waals surface area (Å²) in [5, 5.41) is 0.479. The van der Waals surface area contributed by atoms with Gasteiger partial charge in [-0.3, -0.25) is 4.79 Å². The standard InChI is InChI=1S/C13H11ClO3/c1-8-5-10(7-17-8)13(15)9-3-4-11(14)12(6-9)16-2/h3-7H,1-2H3. The maximum atomic E-state index is 12.1. The van der Waals surface area contributed by atoms with Crippen molar-refractivity contribution in [3.63, 3.8) is 0 Å². The van der Waals surface area contributed by atoms with Crippen molar-refractivity contribution in [3.05, 3.63) is 52.4 Å². The molecule has 17 heavy (non-hydrogen) atoms. The molecule has 0 bridgehead atoms. The number of ether oxygens (including phenoxy) is 1. The summed E-state index contributed by atoms with van der Waals surface area (Å²) in [4.78, 5) is 12.1. The molecule has 0 saturated carbocycles. The van der Waals surface area contributed by atoms with Crippen LogP contribution in [0.2, 0.25) is 5.02 Å². The number of furan rings is 1. The SMILES string of the molecule is COc1cc(C(=O)c2coc(C)c2)ccc1Cl. The molecule has 0 fully saturated rings. The second-order valence-corrected chi connectivity index (χ2v) is 4.03. The van der Waals surface area contributed by atoms with Gasteiger partial charge in [0.1, 0.15) is 17.8 Å². The molecule has 3 nitrogen and oxygen atoms in total. The maximum absolute atomic E-state index is 12.1. The third-order valence-electron chi connectivity index (χ3n) is 2.41. The highest BCUT2D eigenvalue weighted by atomic mass is 35.5. The fourth-order valence-corrected chi connectivity index (χ4v) is 1.72. The summed E-state index contributed by atoms with van der Waals surface area (Å²) in [5.74, 6) is 1.07. The minimum absolute atomic E-state index is 0.114. The fourth-order valence-electron chi connectivity index (χ4n) is 1.53. The second kappa shape index (κ2) is 4.63. The monoisotopic (exact) mass is 250 g/mol. The predicted molar refractivity (Wildman–Crippen MR) is 64.9 cm³/mol. The van der Waals surface area contributed by atoms with Gasteiger partial charge in [-0.1, -0.05) is 11.6 Å². The number of hydrogen-bond donors (Lipinski definition) is 0. The zero-order chi connectivity index (χ0) is 12.4. The number of rotatable bonds is 3. The molecule has 0 aliphatic rings. The van der Waals surface area contributed by atoms with Gasteiger partial charge in [0.05, 0.1) is 17.7 Å². The first kappa shape index (κ1) is 11.7. The summed E-state index contributed by atoms with van der Waals surface area (Å²) in [6.07, 6.45) is 1.44. The Kier molecular flexibility index (Phi) is 3.20. The van der Waals surface area contributed by atoms with E-state index in [1.807, 2.05) is 0 Å². The highest BCUT2D eigenvalue weighted by Crippen LogP contribution is 2.26. The Morgan fingerprint density at radius 3 is 2.65 bits per heavy atom. The largest absolute Gasteiger partial charge is 0.495 e. The summed E-state index contributed by atoms with van der Waals surface area (Å²) in [6.45, 7) is 1.79. The van der Waals surface area contributed by atoms with Gasteiger partial charge in [-0.05, 0) is 31.2 Å². The molecule has 4 heteroatoms. The molecule has 0 saturated heterocycles. The van der Waals surface area contributed by atoms with E-state index in [1.54, 1.807) is 31.2 Å². The highest BCUT2D eigenvalue weighted by Gasteiger charge is 2.13. The molecule has 0 spiro atoms. The molecule has 0 radical (unpaired) electrons. The van der Waals surface area contributed by atoms with Crippen LogP contribution in [0.3, 0.4) is 0 Å². The molecule has 0 N–H and O–H groups in total. The molecule has 0 aliphatic carbocycles. The van der Waals surface area contributed by atoms with Crippen molar-refractivity contribution in [2.45, 2.75) is 6.92 Å². The smallest absolute Gasteiger partial charge is 0.196 e. The minimum atomic E-state index is -0.114. The molecule has 0 unspecified atom stereocenters. The normalized spacial score (nSPS) is 10.3. The Bertz CT molecular complexity index is 558. The molecular weight excluding hydrogens is 240 g/mol. The van der Waals surface area contributed by atoms with Crippen molar-refractivity contribution < 1.29 is 13.9 Å². The topological polar surface area (TPSA) is 39.4 Å². The lowest BCUT2D eigenvalue weighted by Crippen LogP contribution is -2.00. The molecule has 0 amide bonds. The third-order valence-corrected chi connectivity index (χ3v) is 2.72. The van der Waals surface area contributed by atoms with E-state index < -0.39 is 0 Å². The van der Waals surface area contributed by atoms with Gasteiger partial charge in [-0.2, -0.15) is 0 Å². The van der Waals surface area contributed by atoms with Gasteiger partial charge in [-0.25, -0.2) is 0 Å². The Morgan fingerprint density at radius 2 is 2.06 bits per heavy atom. The summed E-state index contributed by atoms with van der Waals surface area (Å²) in [6, 6.07) is 6.62. The van der Waals surface area contributed by atoms with Gasteiger partial charge in [-0.15, -0.1) is 0 Å². The van der Waals surface area contributed by atoms with Crippen molar-refractivity contribution in [1.29, 1.82) is 0 Å². The number of carbonyl (C=O) groups excluding carboxylic acids is 1. The lowest BCUT2D eigenvalue weighted by atomic mass is 10.1. The van der Waals surface area contributed by atoms with Gasteiger partial charge in [0.15, 0.2) is 5.78 Å². The van der Waals surface area contributed by atoms with Crippen molar-refractivity contribution in [1.82, 2.24) is 0 Å². The molecule has 1 aromatic carbocycles. The summed E-state index contributed by atoms with van der Waals surface area (Å²) >= 11 is 5.90. The molecule has 2 aromatic rings. The molecule has 88 valence electrons. The molecule has 0 atom stereocenters. The number of benzene rings is 1. The number of halogens is 1. The fraction of sp³-hybridized carbons (Fsp3) is 0.154. The zero-order valence-electron chi connectivity index (χ0n) is 9.49. The molecule has 1 heterocycles. The number of carbonyl (C=O) groups is 1. The van der Waals surface area contributed by atoms with E-state index in [0.717, 1.165) is 0 Å². The van der Waals surface area contributed by atoms with Crippen LogP contribution < -0.4 is 4.74 Å². The van der Waals surface area contributed by atoms with Crippen molar-refractivity contribution in [2.75, 3.05) is 7.11 Å². The van der Waals surface area contributed by atoms with E-state index in [0.29, 0.717) is 27.7 Å². The van der Waals surface area contributed by atoms with Crippen molar-refractivity contribution in [3.8, 4) is 5.75 Å². The van der Waals surface area contributed by atoms with Crippen LogP contribution in [-0.4, -0.2) is 12.9 Å². The number of ketones is 1. The van der Waals surface area contributed by atoms with Gasteiger partial charge in [0.2, 0.25) is 0 Å². The van der Waals surface area contributed by atoms with Crippen LogP contribution in [0.4, 0.5) is 0 Å². The number of aryl methyl sites for hydroxylation is 1. The Balaban J connectivity index is 2.37. The summed E-state index contributed by atoms with van der Waals surface area (Å²) in [7, 11) is 1.51. The average Bonchev–Trinajstić information content (AvgIpc) is 2.75.